The fourth-order valence-electron chi connectivity index (χ4n) is 3.72. The zero-order valence-electron chi connectivity index (χ0n) is 15.1. The Kier molecular flexibility index (Phi) is 5.06. The van der Waals surface area contributed by atoms with Crippen LogP contribution >= 0.6 is 22.7 Å². The second-order valence-electron chi connectivity index (χ2n) is 6.91. The number of fused-ring (bicyclic) bond motifs is 1. The highest BCUT2D eigenvalue weighted by Gasteiger charge is 2.23. The number of nitrogens with one attached hydrogen (secondary N) is 1. The largest absolute Gasteiger partial charge is 0.378 e. The van der Waals surface area contributed by atoms with Crippen molar-refractivity contribution in [2.45, 2.75) is 6.54 Å². The first-order chi connectivity index (χ1) is 13.4. The van der Waals surface area contributed by atoms with Gasteiger partial charge in [0.2, 0.25) is 0 Å². The van der Waals surface area contributed by atoms with Crippen molar-refractivity contribution in [1.82, 2.24) is 9.97 Å². The normalized spacial score (nSPS) is 19.0. The molecule has 6 nitrogen and oxygen atoms in total. The standard InChI is InChI=1S/C19H22N4O2S2/c1-2-15(26-11-1)14-13-27-19-17(14)18(23-5-9-25-10-6-23)20-16(21-19)12-22-3-7-24-8-4-22/h1-2,11,13H,3-10,12H2/p+1. The molecule has 0 atom stereocenters. The lowest BCUT2D eigenvalue weighted by atomic mass is 10.2. The van der Waals surface area contributed by atoms with E-state index in [-0.39, 0.29) is 0 Å². The molecule has 0 bridgehead atoms. The highest BCUT2D eigenvalue weighted by atomic mass is 32.1. The first-order valence-electron chi connectivity index (χ1n) is 9.44. The molecule has 8 heteroatoms. The van der Waals surface area contributed by atoms with Gasteiger partial charge >= 0.3 is 0 Å². The third kappa shape index (κ3) is 3.60. The number of thiophene rings is 2. The molecule has 0 aliphatic carbocycles. The molecule has 0 saturated carbocycles. The van der Waals surface area contributed by atoms with Crippen LogP contribution in [0.2, 0.25) is 0 Å². The number of hydrogen-bond acceptors (Lipinski definition) is 7. The number of hydrogen-bond donors (Lipinski definition) is 1. The third-order valence-corrected chi connectivity index (χ3v) is 6.94. The molecule has 0 radical (unpaired) electrons. The molecule has 5 heterocycles. The smallest absolute Gasteiger partial charge is 0.187 e. The summed E-state index contributed by atoms with van der Waals surface area (Å²) in [4.78, 5) is 16.3. The number of anilines is 1. The topological polar surface area (TPSA) is 51.9 Å². The minimum atomic E-state index is 0.758. The molecular formula is C19H23N4O2S2+. The number of nitrogens with zero attached hydrogens (tertiary/aromatic N) is 3. The molecule has 0 unspecified atom stereocenters. The maximum absolute atomic E-state index is 5.57. The summed E-state index contributed by atoms with van der Waals surface area (Å²) in [5, 5.41) is 5.56. The van der Waals surface area contributed by atoms with Gasteiger partial charge in [0.25, 0.3) is 0 Å². The molecule has 0 amide bonds. The van der Waals surface area contributed by atoms with Crippen LogP contribution in [0.25, 0.3) is 20.7 Å². The summed E-state index contributed by atoms with van der Waals surface area (Å²) in [7, 11) is 0. The fraction of sp³-hybridized carbons (Fsp3) is 0.474. The van der Waals surface area contributed by atoms with E-state index in [1.165, 1.54) is 20.7 Å². The Bertz CT molecular complexity index is 900. The molecule has 2 aliphatic heterocycles. The van der Waals surface area contributed by atoms with Gasteiger partial charge in [-0.3, -0.25) is 0 Å². The minimum absolute atomic E-state index is 0.758. The van der Waals surface area contributed by atoms with Crippen molar-refractivity contribution in [1.29, 1.82) is 0 Å². The number of morpholine rings is 2. The van der Waals surface area contributed by atoms with Gasteiger partial charge in [0.1, 0.15) is 30.3 Å². The van der Waals surface area contributed by atoms with Crippen LogP contribution in [0, 0.1) is 0 Å². The second-order valence-corrected chi connectivity index (χ2v) is 8.71. The van der Waals surface area contributed by atoms with E-state index in [0.717, 1.165) is 75.6 Å². The van der Waals surface area contributed by atoms with Gasteiger partial charge in [-0.15, -0.1) is 22.7 Å². The lowest BCUT2D eigenvalue weighted by molar-refractivity contribution is -0.922. The van der Waals surface area contributed by atoms with Crippen LogP contribution in [-0.2, 0) is 16.0 Å². The molecular weight excluding hydrogens is 380 g/mol. The van der Waals surface area contributed by atoms with Gasteiger partial charge in [-0.05, 0) is 11.4 Å². The molecule has 2 aliphatic rings. The molecule has 27 heavy (non-hydrogen) atoms. The van der Waals surface area contributed by atoms with E-state index in [9.17, 15) is 0 Å². The average Bonchev–Trinajstić information content (AvgIpc) is 3.38. The summed E-state index contributed by atoms with van der Waals surface area (Å²) < 4.78 is 11.1. The van der Waals surface area contributed by atoms with Crippen LogP contribution in [0.1, 0.15) is 5.82 Å². The van der Waals surface area contributed by atoms with Crippen LogP contribution in [-0.4, -0.2) is 62.6 Å². The van der Waals surface area contributed by atoms with Gasteiger partial charge in [-0.25, -0.2) is 9.97 Å². The van der Waals surface area contributed by atoms with Crippen LogP contribution in [0.15, 0.2) is 22.9 Å². The van der Waals surface area contributed by atoms with Crippen molar-refractivity contribution in [2.24, 2.45) is 0 Å². The van der Waals surface area contributed by atoms with E-state index in [4.69, 9.17) is 19.4 Å². The molecule has 1 N–H and O–H groups in total. The summed E-state index contributed by atoms with van der Waals surface area (Å²) in [6.07, 6.45) is 0. The predicted molar refractivity (Wildman–Crippen MR) is 109 cm³/mol. The van der Waals surface area contributed by atoms with Crippen molar-refractivity contribution in [3.8, 4) is 10.4 Å². The average molecular weight is 404 g/mol. The van der Waals surface area contributed by atoms with Crippen molar-refractivity contribution < 1.29 is 14.4 Å². The van der Waals surface area contributed by atoms with E-state index < -0.39 is 0 Å². The third-order valence-electron chi connectivity index (χ3n) is 5.17. The minimum Gasteiger partial charge on any atom is -0.378 e. The second kappa shape index (κ2) is 7.81. The number of quaternary nitrogens is 1. The Hall–Kier alpha value is -1.58. The number of rotatable bonds is 4. The van der Waals surface area contributed by atoms with Crippen LogP contribution < -0.4 is 9.80 Å². The van der Waals surface area contributed by atoms with Gasteiger partial charge in [0.15, 0.2) is 5.82 Å². The lowest BCUT2D eigenvalue weighted by Gasteiger charge is -2.29. The van der Waals surface area contributed by atoms with E-state index in [0.29, 0.717) is 0 Å². The highest BCUT2D eigenvalue weighted by molar-refractivity contribution is 7.18. The van der Waals surface area contributed by atoms with E-state index >= 15 is 0 Å². The maximum Gasteiger partial charge on any atom is 0.187 e. The van der Waals surface area contributed by atoms with Crippen LogP contribution in [0.5, 0.6) is 0 Å². The predicted octanol–water partition coefficient (Wildman–Crippen LogP) is 1.67. The van der Waals surface area contributed by atoms with Crippen molar-refractivity contribution >= 4 is 38.7 Å². The Balaban J connectivity index is 1.57. The molecule has 2 saturated heterocycles. The van der Waals surface area contributed by atoms with Gasteiger partial charge in [0, 0.05) is 28.9 Å². The van der Waals surface area contributed by atoms with Gasteiger partial charge in [0.05, 0.1) is 31.8 Å². The molecule has 3 aromatic rings. The van der Waals surface area contributed by atoms with Crippen molar-refractivity contribution in [2.75, 3.05) is 57.5 Å². The van der Waals surface area contributed by atoms with E-state index in [1.54, 1.807) is 22.7 Å². The first-order valence-corrected chi connectivity index (χ1v) is 11.2. The molecule has 0 spiro atoms. The Morgan fingerprint density at radius 1 is 1.04 bits per heavy atom. The summed E-state index contributed by atoms with van der Waals surface area (Å²) in [5.41, 5.74) is 1.26. The van der Waals surface area contributed by atoms with E-state index in [2.05, 4.69) is 27.8 Å². The fourth-order valence-corrected chi connectivity index (χ4v) is 5.50. The number of ether oxygens (including phenoxy) is 2. The van der Waals surface area contributed by atoms with E-state index in [1.807, 2.05) is 0 Å². The quantitative estimate of drug-likeness (QED) is 0.718. The summed E-state index contributed by atoms with van der Waals surface area (Å²) in [6.45, 7) is 7.86. The Morgan fingerprint density at radius 2 is 1.85 bits per heavy atom. The van der Waals surface area contributed by atoms with Crippen molar-refractivity contribution in [3.05, 3.63) is 28.7 Å². The zero-order chi connectivity index (χ0) is 18.1. The van der Waals surface area contributed by atoms with Crippen LogP contribution in [0.4, 0.5) is 5.82 Å². The SMILES string of the molecule is c1csc(-c2csc3nc(C[NH+]4CCOCC4)nc(N4CCOCC4)c23)c1. The zero-order valence-corrected chi connectivity index (χ0v) is 16.8. The molecule has 5 rings (SSSR count). The molecule has 0 aromatic carbocycles. The molecule has 2 fully saturated rings. The summed E-state index contributed by atoms with van der Waals surface area (Å²) >= 11 is 3.50. The molecule has 3 aromatic heterocycles. The number of aromatic nitrogens is 2. The van der Waals surface area contributed by atoms with Gasteiger partial charge < -0.3 is 19.3 Å². The first kappa shape index (κ1) is 17.5. The highest BCUT2D eigenvalue weighted by Crippen LogP contribution is 2.40. The summed E-state index contributed by atoms with van der Waals surface area (Å²) in [5.74, 6) is 2.02. The van der Waals surface area contributed by atoms with Gasteiger partial charge in [-0.2, -0.15) is 0 Å². The van der Waals surface area contributed by atoms with Crippen molar-refractivity contribution in [3.63, 3.8) is 0 Å². The molecule has 142 valence electrons. The van der Waals surface area contributed by atoms with Crippen LogP contribution in [0.3, 0.4) is 0 Å². The van der Waals surface area contributed by atoms with Gasteiger partial charge in [-0.1, -0.05) is 6.07 Å². The Labute approximate surface area is 166 Å². The monoisotopic (exact) mass is 403 g/mol. The summed E-state index contributed by atoms with van der Waals surface area (Å²) in [6, 6.07) is 4.29. The lowest BCUT2D eigenvalue weighted by Crippen LogP contribution is -3.12. The Morgan fingerprint density at radius 3 is 2.63 bits per heavy atom. The maximum atomic E-state index is 5.57.